The third-order valence-corrected chi connectivity index (χ3v) is 5.16. The Morgan fingerprint density at radius 3 is 2.28 bits per heavy atom. The summed E-state index contributed by atoms with van der Waals surface area (Å²) in [5.41, 5.74) is 0.689. The SMILES string of the molecule is CCCC(CC)CCNc1ccc(B=COC(C)(C)C(C)(C)O)cc1. The standard InChI is InChI=1S/C21H36BNO2/c1-7-9-17(8-2)14-15-23-19-12-10-18(11-13-19)22-16-25-21(5,6)20(3,4)24/h10-13,16-17,23-24H,7-9,14-15H2,1-6H3. The normalized spacial score (nSPS) is 13.6. The zero-order valence-electron chi connectivity index (χ0n) is 16.9. The van der Waals surface area contributed by atoms with Gasteiger partial charge < -0.3 is 0 Å². The van der Waals surface area contributed by atoms with Crippen molar-refractivity contribution in [2.75, 3.05) is 11.9 Å². The first-order valence-electron chi connectivity index (χ1n) is 9.60. The molecule has 0 fully saturated rings. The number of ether oxygens (including phenoxy) is 1. The van der Waals surface area contributed by atoms with Crippen molar-refractivity contribution in [2.24, 2.45) is 5.92 Å². The molecule has 0 saturated heterocycles. The fraction of sp³-hybridized carbons (Fsp3) is 0.667. The van der Waals surface area contributed by atoms with E-state index in [1.54, 1.807) is 20.0 Å². The molecule has 0 aliphatic heterocycles. The van der Waals surface area contributed by atoms with Gasteiger partial charge in [-0.15, -0.1) is 0 Å². The van der Waals surface area contributed by atoms with E-state index in [4.69, 9.17) is 4.74 Å². The van der Waals surface area contributed by atoms with Gasteiger partial charge in [-0.2, -0.15) is 0 Å². The summed E-state index contributed by atoms with van der Waals surface area (Å²) in [6.07, 6.45) is 6.75. The van der Waals surface area contributed by atoms with Crippen LogP contribution in [0.1, 0.15) is 67.2 Å². The van der Waals surface area contributed by atoms with Gasteiger partial charge in [0.25, 0.3) is 0 Å². The molecule has 4 heteroatoms. The van der Waals surface area contributed by atoms with E-state index in [9.17, 15) is 5.11 Å². The Hall–Kier alpha value is -1.29. The van der Waals surface area contributed by atoms with Gasteiger partial charge in [-0.25, -0.2) is 0 Å². The third kappa shape index (κ3) is 7.64. The Morgan fingerprint density at radius 2 is 1.76 bits per heavy atom. The van der Waals surface area contributed by atoms with Crippen molar-refractivity contribution in [1.29, 1.82) is 0 Å². The average Bonchev–Trinajstić information content (AvgIpc) is 2.54. The molecule has 0 aromatic heterocycles. The summed E-state index contributed by atoms with van der Waals surface area (Å²) in [5.74, 6) is 0.830. The van der Waals surface area contributed by atoms with Crippen molar-refractivity contribution in [3.8, 4) is 0 Å². The summed E-state index contributed by atoms with van der Waals surface area (Å²) < 4.78 is 5.71. The van der Waals surface area contributed by atoms with E-state index in [-0.39, 0.29) is 0 Å². The molecule has 1 aromatic carbocycles. The fourth-order valence-corrected chi connectivity index (χ4v) is 2.52. The van der Waals surface area contributed by atoms with E-state index < -0.39 is 11.2 Å². The van der Waals surface area contributed by atoms with E-state index in [1.165, 1.54) is 25.7 Å². The van der Waals surface area contributed by atoms with Crippen LogP contribution >= 0.6 is 0 Å². The van der Waals surface area contributed by atoms with E-state index in [2.05, 4.69) is 43.4 Å². The van der Waals surface area contributed by atoms with E-state index in [1.807, 2.05) is 20.8 Å². The molecule has 25 heavy (non-hydrogen) atoms. The number of anilines is 1. The van der Waals surface area contributed by atoms with Gasteiger partial charge in [0.2, 0.25) is 0 Å². The number of nitrogens with one attached hydrogen (secondary N) is 1. The Labute approximate surface area is 155 Å². The van der Waals surface area contributed by atoms with Gasteiger partial charge in [-0.05, 0) is 0 Å². The fourth-order valence-electron chi connectivity index (χ4n) is 2.52. The van der Waals surface area contributed by atoms with Crippen LogP contribution in [0.5, 0.6) is 0 Å². The molecule has 140 valence electrons. The molecule has 0 aliphatic rings. The van der Waals surface area contributed by atoms with Crippen LogP contribution in [0.2, 0.25) is 0 Å². The van der Waals surface area contributed by atoms with Gasteiger partial charge >= 0.3 is 155 Å². The second-order valence-electron chi connectivity index (χ2n) is 7.89. The van der Waals surface area contributed by atoms with Crippen LogP contribution in [0, 0.1) is 5.92 Å². The number of aliphatic hydroxyl groups is 1. The molecule has 0 heterocycles. The first kappa shape index (κ1) is 21.8. The third-order valence-electron chi connectivity index (χ3n) is 5.16. The van der Waals surface area contributed by atoms with Crippen LogP contribution in [0.4, 0.5) is 5.69 Å². The van der Waals surface area contributed by atoms with Crippen molar-refractivity contribution in [1.82, 2.24) is 0 Å². The maximum atomic E-state index is 10.1. The molecule has 2 N–H and O–H groups in total. The molecule has 0 bridgehead atoms. The first-order valence-corrected chi connectivity index (χ1v) is 9.60. The van der Waals surface area contributed by atoms with Crippen LogP contribution in [-0.4, -0.2) is 35.9 Å². The van der Waals surface area contributed by atoms with Gasteiger partial charge in [0, 0.05) is 0 Å². The zero-order chi connectivity index (χ0) is 18.9. The molecule has 0 amide bonds. The van der Waals surface area contributed by atoms with Crippen molar-refractivity contribution < 1.29 is 9.84 Å². The number of hydrogen-bond donors (Lipinski definition) is 2. The number of benzene rings is 1. The summed E-state index contributed by atoms with van der Waals surface area (Å²) in [6, 6.07) is 8.34. The van der Waals surface area contributed by atoms with E-state index >= 15 is 0 Å². The van der Waals surface area contributed by atoms with Crippen molar-refractivity contribution in [3.05, 3.63) is 24.3 Å². The van der Waals surface area contributed by atoms with E-state index in [0.717, 1.165) is 23.6 Å². The number of rotatable bonds is 11. The molecule has 1 aromatic rings. The summed E-state index contributed by atoms with van der Waals surface area (Å²) in [4.78, 5) is 0. The number of hydrogen-bond acceptors (Lipinski definition) is 3. The average molecular weight is 345 g/mol. The van der Waals surface area contributed by atoms with Gasteiger partial charge in [-0.3, -0.25) is 0 Å². The molecular formula is C21H36BNO2. The van der Waals surface area contributed by atoms with E-state index in [0.29, 0.717) is 0 Å². The summed E-state index contributed by atoms with van der Waals surface area (Å²) in [7, 11) is 0. The quantitative estimate of drug-likeness (QED) is 0.596. The van der Waals surface area contributed by atoms with Crippen molar-refractivity contribution in [3.63, 3.8) is 0 Å². The van der Waals surface area contributed by atoms with Crippen LogP contribution in [0.3, 0.4) is 0 Å². The minimum absolute atomic E-state index is 0.640. The van der Waals surface area contributed by atoms with Gasteiger partial charge in [-0.1, -0.05) is 0 Å². The van der Waals surface area contributed by atoms with Crippen LogP contribution in [-0.2, 0) is 4.74 Å². The molecule has 0 radical (unpaired) electrons. The molecule has 1 rings (SSSR count). The summed E-state index contributed by atoms with van der Waals surface area (Å²) >= 11 is 0. The first-order chi connectivity index (χ1) is 11.7. The van der Waals surface area contributed by atoms with Gasteiger partial charge in [0.05, 0.1) is 0 Å². The second kappa shape index (κ2) is 10.0. The Bertz CT molecular complexity index is 518. The molecular weight excluding hydrogens is 309 g/mol. The van der Waals surface area contributed by atoms with Gasteiger partial charge in [0.15, 0.2) is 0 Å². The van der Waals surface area contributed by atoms with Gasteiger partial charge in [0.1, 0.15) is 0 Å². The van der Waals surface area contributed by atoms with Crippen LogP contribution in [0.25, 0.3) is 0 Å². The molecule has 0 saturated carbocycles. The Morgan fingerprint density at radius 1 is 1.12 bits per heavy atom. The predicted octanol–water partition coefficient (Wildman–Crippen LogP) is 3.97. The monoisotopic (exact) mass is 345 g/mol. The Balaban J connectivity index is 2.47. The van der Waals surface area contributed by atoms with Crippen LogP contribution in [0.15, 0.2) is 24.3 Å². The molecule has 1 atom stereocenters. The van der Waals surface area contributed by atoms with Crippen molar-refractivity contribution in [2.45, 2.75) is 78.4 Å². The maximum absolute atomic E-state index is 10.1. The molecule has 1 unspecified atom stereocenters. The topological polar surface area (TPSA) is 41.5 Å². The summed E-state index contributed by atoms with van der Waals surface area (Å²) in [6.45, 7) is 14.8. The zero-order valence-corrected chi connectivity index (χ0v) is 16.9. The summed E-state index contributed by atoms with van der Waals surface area (Å²) in [5, 5.41) is 13.6. The predicted molar refractivity (Wildman–Crippen MR) is 111 cm³/mol. The van der Waals surface area contributed by atoms with Crippen LogP contribution < -0.4 is 10.8 Å². The Kier molecular flexibility index (Phi) is 8.71. The van der Waals surface area contributed by atoms with Crippen molar-refractivity contribution >= 4 is 24.2 Å². The molecule has 0 spiro atoms. The minimum atomic E-state index is -0.904. The molecule has 3 nitrogen and oxygen atoms in total. The molecule has 0 aliphatic carbocycles. The second-order valence-corrected chi connectivity index (χ2v) is 7.89.